The van der Waals surface area contributed by atoms with Crippen molar-refractivity contribution in [2.75, 3.05) is 5.32 Å². The van der Waals surface area contributed by atoms with Gasteiger partial charge in [0.15, 0.2) is 0 Å². The molecule has 1 N–H and O–H groups in total. The fourth-order valence-electron chi connectivity index (χ4n) is 1.71. The fourth-order valence-corrected chi connectivity index (χ4v) is 1.71. The quantitative estimate of drug-likeness (QED) is 0.928. The summed E-state index contributed by atoms with van der Waals surface area (Å²) in [4.78, 5) is 0. The van der Waals surface area contributed by atoms with Gasteiger partial charge in [-0.15, -0.1) is 12.4 Å². The minimum absolute atomic E-state index is 0. The normalized spacial score (nSPS) is 10.2. The number of rotatable bonds is 4. The molecule has 18 heavy (non-hydrogen) atoms. The average Bonchev–Trinajstić information content (AvgIpc) is 2.79. The Morgan fingerprint density at radius 3 is 2.67 bits per heavy atom. The molecule has 0 atom stereocenters. The van der Waals surface area contributed by atoms with Gasteiger partial charge in [-0.05, 0) is 13.8 Å². The first-order chi connectivity index (χ1) is 8.11. The molecule has 7 heteroatoms. The molecule has 0 radical (unpaired) electrons. The van der Waals surface area contributed by atoms with Crippen LogP contribution in [-0.2, 0) is 20.1 Å². The van der Waals surface area contributed by atoms with Crippen molar-refractivity contribution >= 4 is 18.2 Å². The summed E-state index contributed by atoms with van der Waals surface area (Å²) in [5.41, 5.74) is 1.49. The number of anilines is 1. The number of nitrogens with one attached hydrogen (secondary N) is 1. The van der Waals surface area contributed by atoms with Crippen molar-refractivity contribution in [2.45, 2.75) is 26.9 Å². The monoisotopic (exact) mass is 273 g/mol. The number of nitrogens with zero attached hydrogens (tertiary/aromatic N) is 4. The summed E-state index contributed by atoms with van der Waals surface area (Å²) in [5, 5.41) is 11.3. The van der Waals surface area contributed by atoms with Crippen LogP contribution < -0.4 is 5.32 Å². The molecule has 0 bridgehead atoms. The summed E-state index contributed by atoms with van der Waals surface area (Å²) in [5.74, 6) is 0.588. The summed E-state index contributed by atoms with van der Waals surface area (Å²) in [6, 6.07) is 1.92. The molecule has 0 aromatic carbocycles. The standard InChI is InChI=1S/C11H16FN5.ClH/c1-4-17-11(12)9(7-14-17)6-13-10-5-8(2)15-16(10)3;/h5,7,13H,4,6H2,1-3H3;1H. The van der Waals surface area contributed by atoms with Gasteiger partial charge < -0.3 is 5.32 Å². The molecule has 0 saturated carbocycles. The first-order valence-corrected chi connectivity index (χ1v) is 5.56. The number of aromatic nitrogens is 4. The van der Waals surface area contributed by atoms with Gasteiger partial charge in [0.1, 0.15) is 5.82 Å². The van der Waals surface area contributed by atoms with Gasteiger partial charge in [-0.25, -0.2) is 4.68 Å². The van der Waals surface area contributed by atoms with Crippen LogP contribution in [0.2, 0.25) is 0 Å². The molecule has 2 aromatic rings. The molecule has 0 unspecified atom stereocenters. The predicted molar refractivity (Wildman–Crippen MR) is 70.4 cm³/mol. The minimum Gasteiger partial charge on any atom is -0.366 e. The van der Waals surface area contributed by atoms with E-state index in [-0.39, 0.29) is 18.4 Å². The summed E-state index contributed by atoms with van der Waals surface area (Å²) in [6.07, 6.45) is 1.55. The van der Waals surface area contributed by atoms with E-state index >= 15 is 0 Å². The Bertz CT molecular complexity index is 519. The van der Waals surface area contributed by atoms with Gasteiger partial charge in [0.05, 0.1) is 11.9 Å². The van der Waals surface area contributed by atoms with E-state index in [4.69, 9.17) is 0 Å². The van der Waals surface area contributed by atoms with Crippen LogP contribution in [0.1, 0.15) is 18.2 Å². The highest BCUT2D eigenvalue weighted by atomic mass is 35.5. The van der Waals surface area contributed by atoms with Crippen LogP contribution >= 0.6 is 12.4 Å². The maximum Gasteiger partial charge on any atom is 0.216 e. The molecule has 0 fully saturated rings. The van der Waals surface area contributed by atoms with E-state index < -0.39 is 0 Å². The van der Waals surface area contributed by atoms with E-state index in [2.05, 4.69) is 15.5 Å². The lowest BCUT2D eigenvalue weighted by Gasteiger charge is -2.04. The lowest BCUT2D eigenvalue weighted by Crippen LogP contribution is -2.06. The molecule has 2 aromatic heterocycles. The number of hydrogen-bond donors (Lipinski definition) is 1. The zero-order valence-corrected chi connectivity index (χ0v) is 11.5. The van der Waals surface area contributed by atoms with Crippen LogP contribution in [0, 0.1) is 12.9 Å². The third kappa shape index (κ3) is 2.81. The Morgan fingerprint density at radius 1 is 1.44 bits per heavy atom. The second-order valence-electron chi connectivity index (χ2n) is 3.92. The van der Waals surface area contributed by atoms with Crippen LogP contribution in [0.5, 0.6) is 0 Å². The Kier molecular flexibility index (Phi) is 4.72. The van der Waals surface area contributed by atoms with Crippen LogP contribution in [0.3, 0.4) is 0 Å². The van der Waals surface area contributed by atoms with E-state index in [0.29, 0.717) is 18.7 Å². The lowest BCUT2D eigenvalue weighted by molar-refractivity contribution is 0.465. The molecular weight excluding hydrogens is 257 g/mol. The van der Waals surface area contributed by atoms with Crippen LogP contribution in [0.4, 0.5) is 10.2 Å². The highest BCUT2D eigenvalue weighted by molar-refractivity contribution is 5.85. The molecule has 2 rings (SSSR count). The van der Waals surface area contributed by atoms with E-state index in [1.165, 1.54) is 4.68 Å². The zero-order chi connectivity index (χ0) is 12.4. The highest BCUT2D eigenvalue weighted by Gasteiger charge is 2.09. The Labute approximate surface area is 111 Å². The van der Waals surface area contributed by atoms with Gasteiger partial charge in [-0.3, -0.25) is 4.68 Å². The van der Waals surface area contributed by atoms with Crippen molar-refractivity contribution < 1.29 is 4.39 Å². The van der Waals surface area contributed by atoms with Gasteiger partial charge in [-0.2, -0.15) is 14.6 Å². The molecule has 0 aliphatic heterocycles. The Balaban J connectivity index is 0.00000162. The van der Waals surface area contributed by atoms with Crippen molar-refractivity contribution in [1.82, 2.24) is 19.6 Å². The molecule has 0 spiro atoms. The third-order valence-corrected chi connectivity index (χ3v) is 2.61. The molecule has 0 saturated heterocycles. The van der Waals surface area contributed by atoms with E-state index in [1.807, 2.05) is 27.0 Å². The van der Waals surface area contributed by atoms with Crippen LogP contribution in [0.15, 0.2) is 12.3 Å². The van der Waals surface area contributed by atoms with Gasteiger partial charge in [0.2, 0.25) is 5.95 Å². The SMILES string of the molecule is CCn1ncc(CNc2cc(C)nn2C)c1F.Cl. The average molecular weight is 274 g/mol. The molecule has 100 valence electrons. The summed E-state index contributed by atoms with van der Waals surface area (Å²) < 4.78 is 16.8. The largest absolute Gasteiger partial charge is 0.366 e. The van der Waals surface area contributed by atoms with Crippen LogP contribution in [-0.4, -0.2) is 19.6 Å². The number of aryl methyl sites for hydroxylation is 3. The lowest BCUT2D eigenvalue weighted by atomic mass is 10.3. The van der Waals surface area contributed by atoms with E-state index in [9.17, 15) is 4.39 Å². The molecule has 0 aliphatic rings. The topological polar surface area (TPSA) is 47.7 Å². The predicted octanol–water partition coefficient (Wildman–Crippen LogP) is 2.12. The van der Waals surface area contributed by atoms with Crippen molar-refractivity contribution in [1.29, 1.82) is 0 Å². The molecular formula is C11H17ClFN5. The van der Waals surface area contributed by atoms with E-state index in [1.54, 1.807) is 10.9 Å². The summed E-state index contributed by atoms with van der Waals surface area (Å²) in [6.45, 7) is 4.72. The maximum absolute atomic E-state index is 13.7. The minimum atomic E-state index is -0.279. The molecule has 0 amide bonds. The van der Waals surface area contributed by atoms with Crippen molar-refractivity contribution in [3.05, 3.63) is 29.5 Å². The number of halogens is 2. The van der Waals surface area contributed by atoms with E-state index in [0.717, 1.165) is 11.5 Å². The molecule has 5 nitrogen and oxygen atoms in total. The van der Waals surface area contributed by atoms with Gasteiger partial charge in [-0.1, -0.05) is 0 Å². The van der Waals surface area contributed by atoms with Crippen molar-refractivity contribution in [2.24, 2.45) is 7.05 Å². The second kappa shape index (κ2) is 5.86. The van der Waals surface area contributed by atoms with Gasteiger partial charge >= 0.3 is 0 Å². The second-order valence-corrected chi connectivity index (χ2v) is 3.92. The van der Waals surface area contributed by atoms with Crippen LogP contribution in [0.25, 0.3) is 0 Å². The highest BCUT2D eigenvalue weighted by Crippen LogP contribution is 2.12. The summed E-state index contributed by atoms with van der Waals surface area (Å²) >= 11 is 0. The first kappa shape index (κ1) is 14.5. The number of hydrogen-bond acceptors (Lipinski definition) is 3. The molecule has 2 heterocycles. The fraction of sp³-hybridized carbons (Fsp3) is 0.455. The Hall–Kier alpha value is -1.56. The van der Waals surface area contributed by atoms with Gasteiger partial charge in [0, 0.05) is 31.8 Å². The van der Waals surface area contributed by atoms with Crippen molar-refractivity contribution in [3.8, 4) is 0 Å². The maximum atomic E-state index is 13.7. The van der Waals surface area contributed by atoms with Crippen molar-refractivity contribution in [3.63, 3.8) is 0 Å². The zero-order valence-electron chi connectivity index (χ0n) is 10.6. The first-order valence-electron chi connectivity index (χ1n) is 5.56. The molecule has 0 aliphatic carbocycles. The third-order valence-electron chi connectivity index (χ3n) is 2.61. The van der Waals surface area contributed by atoms with Gasteiger partial charge in [0.25, 0.3) is 0 Å². The Morgan fingerprint density at radius 2 is 2.17 bits per heavy atom. The smallest absolute Gasteiger partial charge is 0.216 e. The summed E-state index contributed by atoms with van der Waals surface area (Å²) in [7, 11) is 1.85.